The van der Waals surface area contributed by atoms with Crippen molar-refractivity contribution in [2.45, 2.75) is 83.1 Å². The van der Waals surface area contributed by atoms with Crippen LogP contribution in [0, 0.1) is 0 Å². The molecular formula is C14H26O5Si. The number of aldehydes is 1. The van der Waals surface area contributed by atoms with Gasteiger partial charge in [-0.05, 0) is 32.0 Å². The van der Waals surface area contributed by atoms with E-state index in [4.69, 9.17) is 18.6 Å². The van der Waals surface area contributed by atoms with Crippen LogP contribution in [0.1, 0.15) is 34.6 Å². The molecule has 0 unspecified atom stereocenters. The second kappa shape index (κ2) is 4.88. The lowest BCUT2D eigenvalue weighted by atomic mass is 10.1. The molecule has 0 spiro atoms. The van der Waals surface area contributed by atoms with Gasteiger partial charge in [-0.15, -0.1) is 0 Å². The molecule has 2 rings (SSSR count). The maximum atomic E-state index is 11.2. The van der Waals surface area contributed by atoms with E-state index in [-0.39, 0.29) is 17.2 Å². The maximum Gasteiger partial charge on any atom is 0.192 e. The fourth-order valence-corrected chi connectivity index (χ4v) is 3.57. The van der Waals surface area contributed by atoms with E-state index in [1.54, 1.807) is 0 Å². The Kier molecular flexibility index (Phi) is 3.93. The Bertz CT molecular complexity index is 388. The van der Waals surface area contributed by atoms with Gasteiger partial charge in [-0.25, -0.2) is 0 Å². The highest BCUT2D eigenvalue weighted by Gasteiger charge is 2.57. The lowest BCUT2D eigenvalue weighted by Gasteiger charge is -2.39. The molecule has 0 aromatic rings. The van der Waals surface area contributed by atoms with Crippen LogP contribution in [0.3, 0.4) is 0 Å². The molecule has 0 bridgehead atoms. The third-order valence-electron chi connectivity index (χ3n) is 4.40. The Morgan fingerprint density at radius 2 is 1.80 bits per heavy atom. The van der Waals surface area contributed by atoms with Gasteiger partial charge in [0, 0.05) is 0 Å². The lowest BCUT2D eigenvalue weighted by Crippen LogP contribution is -2.50. The second-order valence-corrected chi connectivity index (χ2v) is 12.3. The minimum absolute atomic E-state index is 0.0630. The summed E-state index contributed by atoms with van der Waals surface area (Å²) in [6.07, 6.45) is -1.07. The van der Waals surface area contributed by atoms with Crippen molar-refractivity contribution in [3.63, 3.8) is 0 Å². The Hall–Kier alpha value is -0.273. The van der Waals surface area contributed by atoms with Crippen LogP contribution in [0.5, 0.6) is 0 Å². The van der Waals surface area contributed by atoms with Crippen molar-refractivity contribution < 1.29 is 23.4 Å². The molecule has 0 N–H and O–H groups in total. The van der Waals surface area contributed by atoms with Crippen molar-refractivity contribution in [1.29, 1.82) is 0 Å². The number of hydrogen-bond donors (Lipinski definition) is 0. The number of carbonyl (C=O) groups excluding carboxylic acids is 1. The molecule has 116 valence electrons. The zero-order chi connectivity index (χ0) is 15.3. The van der Waals surface area contributed by atoms with E-state index < -0.39 is 26.5 Å². The monoisotopic (exact) mass is 302 g/mol. The zero-order valence-electron chi connectivity index (χ0n) is 13.4. The Balaban J connectivity index is 2.18. The van der Waals surface area contributed by atoms with Gasteiger partial charge in [-0.2, -0.15) is 0 Å². The quantitative estimate of drug-likeness (QED) is 0.592. The number of rotatable bonds is 3. The molecule has 20 heavy (non-hydrogen) atoms. The fraction of sp³-hybridized carbons (Fsp3) is 0.929. The Labute approximate surface area is 122 Å². The first-order valence-electron chi connectivity index (χ1n) is 7.11. The van der Waals surface area contributed by atoms with Crippen molar-refractivity contribution in [2.75, 3.05) is 0 Å². The highest BCUT2D eigenvalue weighted by molar-refractivity contribution is 6.74. The summed E-state index contributed by atoms with van der Waals surface area (Å²) in [4.78, 5) is 11.2. The average Bonchev–Trinajstić information content (AvgIpc) is 2.70. The molecule has 0 amide bonds. The second-order valence-electron chi connectivity index (χ2n) is 7.55. The predicted octanol–water partition coefficient (Wildman–Crippen LogP) is 2.45. The smallest absolute Gasteiger partial charge is 0.192 e. The van der Waals surface area contributed by atoms with Crippen molar-refractivity contribution in [1.82, 2.24) is 0 Å². The standard InChI is InChI=1S/C14H26O5Si/c1-13(2,3)20(6,7)19-10-9(8-15)16-12-11(10)17-14(4,5)18-12/h8-12H,1-7H3/t9-,10+,11-,12-/m0/s1. The van der Waals surface area contributed by atoms with Gasteiger partial charge in [-0.3, -0.25) is 0 Å². The SMILES string of the molecule is CC1(C)O[C@@H]2O[C@@H](C=O)[C@@H](O[Si](C)(C)C(C)(C)C)[C@@H]2O1. The van der Waals surface area contributed by atoms with Crippen molar-refractivity contribution in [2.24, 2.45) is 0 Å². The largest absolute Gasteiger partial charge is 0.408 e. The summed E-state index contributed by atoms with van der Waals surface area (Å²) >= 11 is 0. The van der Waals surface area contributed by atoms with Crippen LogP contribution in [-0.2, 0) is 23.4 Å². The van der Waals surface area contributed by atoms with Crippen LogP contribution in [0.25, 0.3) is 0 Å². The molecule has 2 heterocycles. The molecule has 2 aliphatic heterocycles. The Morgan fingerprint density at radius 3 is 2.30 bits per heavy atom. The van der Waals surface area contributed by atoms with Gasteiger partial charge in [0.15, 0.2) is 26.7 Å². The Morgan fingerprint density at radius 1 is 1.20 bits per heavy atom. The van der Waals surface area contributed by atoms with Crippen LogP contribution >= 0.6 is 0 Å². The van der Waals surface area contributed by atoms with E-state index in [1.165, 1.54) is 0 Å². The van der Waals surface area contributed by atoms with Crippen LogP contribution in [0.4, 0.5) is 0 Å². The van der Waals surface area contributed by atoms with Crippen LogP contribution in [-0.4, -0.2) is 45.0 Å². The first kappa shape index (κ1) is 16.1. The molecule has 4 atom stereocenters. The average molecular weight is 302 g/mol. The first-order valence-corrected chi connectivity index (χ1v) is 10.0. The molecule has 0 aromatic heterocycles. The third-order valence-corrected chi connectivity index (χ3v) is 8.87. The molecule has 5 nitrogen and oxygen atoms in total. The molecule has 0 aliphatic carbocycles. The lowest BCUT2D eigenvalue weighted by molar-refractivity contribution is -0.211. The predicted molar refractivity (Wildman–Crippen MR) is 76.8 cm³/mol. The minimum atomic E-state index is -2.01. The fourth-order valence-electron chi connectivity index (χ4n) is 2.26. The van der Waals surface area contributed by atoms with Gasteiger partial charge in [0.05, 0.1) is 0 Å². The maximum absolute atomic E-state index is 11.2. The molecular weight excluding hydrogens is 276 g/mol. The summed E-state index contributed by atoms with van der Waals surface area (Å²) in [6.45, 7) is 14.5. The van der Waals surface area contributed by atoms with Crippen LogP contribution < -0.4 is 0 Å². The molecule has 0 aromatic carbocycles. The van der Waals surface area contributed by atoms with Gasteiger partial charge in [-0.1, -0.05) is 20.8 Å². The van der Waals surface area contributed by atoms with Crippen molar-refractivity contribution in [3.8, 4) is 0 Å². The highest BCUT2D eigenvalue weighted by Crippen LogP contribution is 2.43. The summed E-state index contributed by atoms with van der Waals surface area (Å²) in [7, 11) is -2.01. The van der Waals surface area contributed by atoms with E-state index in [2.05, 4.69) is 33.9 Å². The van der Waals surface area contributed by atoms with E-state index in [1.807, 2.05) is 13.8 Å². The molecule has 2 saturated heterocycles. The minimum Gasteiger partial charge on any atom is -0.408 e. The van der Waals surface area contributed by atoms with Gasteiger partial charge < -0.3 is 23.4 Å². The molecule has 2 aliphatic rings. The van der Waals surface area contributed by atoms with Crippen LogP contribution in [0.2, 0.25) is 18.1 Å². The number of ether oxygens (including phenoxy) is 3. The van der Waals surface area contributed by atoms with Gasteiger partial charge in [0.1, 0.15) is 18.3 Å². The molecule has 2 fully saturated rings. The van der Waals surface area contributed by atoms with Gasteiger partial charge in [0.25, 0.3) is 0 Å². The summed E-state index contributed by atoms with van der Waals surface area (Å²) in [5.74, 6) is -0.696. The van der Waals surface area contributed by atoms with Gasteiger partial charge in [0.2, 0.25) is 0 Å². The van der Waals surface area contributed by atoms with E-state index in [9.17, 15) is 4.79 Å². The van der Waals surface area contributed by atoms with Crippen molar-refractivity contribution >= 4 is 14.6 Å². The van der Waals surface area contributed by atoms with Gasteiger partial charge >= 0.3 is 0 Å². The van der Waals surface area contributed by atoms with E-state index >= 15 is 0 Å². The highest BCUT2D eigenvalue weighted by atomic mass is 28.4. The van der Waals surface area contributed by atoms with E-state index in [0.29, 0.717) is 0 Å². The van der Waals surface area contributed by atoms with Crippen molar-refractivity contribution in [3.05, 3.63) is 0 Å². The summed E-state index contributed by atoms with van der Waals surface area (Å²) in [6, 6.07) is 0. The zero-order valence-corrected chi connectivity index (χ0v) is 14.4. The van der Waals surface area contributed by atoms with E-state index in [0.717, 1.165) is 6.29 Å². The first-order chi connectivity index (χ1) is 8.97. The summed E-state index contributed by atoms with van der Waals surface area (Å²) < 4.78 is 23.5. The molecule has 0 radical (unpaired) electrons. The number of fused-ring (bicyclic) bond motifs is 1. The number of carbonyl (C=O) groups is 1. The summed E-state index contributed by atoms with van der Waals surface area (Å²) in [5.41, 5.74) is 0. The number of hydrogen-bond acceptors (Lipinski definition) is 5. The summed E-state index contributed by atoms with van der Waals surface area (Å²) in [5, 5.41) is 0.0630. The third kappa shape index (κ3) is 2.85. The normalized spacial score (nSPS) is 37.0. The molecule has 6 heteroatoms. The topological polar surface area (TPSA) is 54.0 Å². The van der Waals surface area contributed by atoms with Crippen LogP contribution in [0.15, 0.2) is 0 Å². The molecule has 0 saturated carbocycles.